The van der Waals surface area contributed by atoms with E-state index < -0.39 is 15.8 Å². The maximum Gasteiger partial charge on any atom is 0.337 e. The first-order chi connectivity index (χ1) is 9.89. The fraction of sp³-hybridized carbons (Fsp3) is 0.250. The number of sulfone groups is 1. The van der Waals surface area contributed by atoms with Gasteiger partial charge in [-0.05, 0) is 23.8 Å². The van der Waals surface area contributed by atoms with E-state index in [2.05, 4.69) is 19.9 Å². The lowest BCUT2D eigenvalue weighted by atomic mass is 10.1. The summed E-state index contributed by atoms with van der Waals surface area (Å²) in [4.78, 5) is 15.3. The molecule has 0 aliphatic carbocycles. The van der Waals surface area contributed by atoms with Gasteiger partial charge in [-0.15, -0.1) is 0 Å². The molecule has 0 fully saturated rings. The topological polar surface area (TPSA) is 102 Å². The van der Waals surface area contributed by atoms with Crippen molar-refractivity contribution in [2.75, 3.05) is 7.11 Å². The third-order valence-electron chi connectivity index (χ3n) is 2.59. The maximum absolute atomic E-state index is 12.1. The third-order valence-corrected chi connectivity index (χ3v) is 4.29. The van der Waals surface area contributed by atoms with Crippen molar-refractivity contribution in [1.29, 1.82) is 0 Å². The Hall–Kier alpha value is -1.93. The molecule has 0 spiro atoms. The Kier molecular flexibility index (Phi) is 4.59. The van der Waals surface area contributed by atoms with Crippen molar-refractivity contribution in [2.24, 2.45) is 0 Å². The summed E-state index contributed by atoms with van der Waals surface area (Å²) in [5, 5.41) is 6.35. The van der Waals surface area contributed by atoms with E-state index in [1.165, 1.54) is 31.6 Å². The minimum Gasteiger partial charge on any atom is -0.465 e. The number of esters is 1. The SMILES string of the molecule is COC(=O)c1cc(Cl)cc(CS(=O)(=O)Cc2ncn[nH]2)c1. The molecule has 0 saturated carbocycles. The van der Waals surface area contributed by atoms with Crippen LogP contribution in [0, 0.1) is 0 Å². The molecule has 0 bridgehead atoms. The van der Waals surface area contributed by atoms with E-state index in [1.54, 1.807) is 0 Å². The number of halogens is 1. The van der Waals surface area contributed by atoms with Crippen molar-refractivity contribution in [3.63, 3.8) is 0 Å². The molecule has 1 aromatic heterocycles. The summed E-state index contributed by atoms with van der Waals surface area (Å²) in [5.74, 6) is -0.859. The van der Waals surface area contributed by atoms with Gasteiger partial charge in [-0.3, -0.25) is 5.10 Å². The zero-order chi connectivity index (χ0) is 15.5. The monoisotopic (exact) mass is 329 g/mol. The predicted octanol–water partition coefficient (Wildman–Crippen LogP) is 1.36. The number of aromatic nitrogens is 3. The number of hydrogen-bond donors (Lipinski definition) is 1. The zero-order valence-electron chi connectivity index (χ0n) is 11.0. The Bertz CT molecular complexity index is 744. The van der Waals surface area contributed by atoms with Crippen LogP contribution in [0.3, 0.4) is 0 Å². The van der Waals surface area contributed by atoms with Crippen LogP contribution in [0.2, 0.25) is 5.02 Å². The van der Waals surface area contributed by atoms with Gasteiger partial charge in [-0.25, -0.2) is 18.2 Å². The van der Waals surface area contributed by atoms with E-state index in [4.69, 9.17) is 11.6 Å². The van der Waals surface area contributed by atoms with Gasteiger partial charge in [0.25, 0.3) is 0 Å². The molecule has 112 valence electrons. The number of carbonyl (C=O) groups is 1. The molecule has 9 heteroatoms. The third kappa shape index (κ3) is 4.27. The van der Waals surface area contributed by atoms with Gasteiger partial charge in [0.2, 0.25) is 0 Å². The van der Waals surface area contributed by atoms with Gasteiger partial charge >= 0.3 is 5.97 Å². The Labute approximate surface area is 126 Å². The van der Waals surface area contributed by atoms with Crippen molar-refractivity contribution in [3.8, 4) is 0 Å². The molecule has 2 rings (SSSR count). The number of ether oxygens (including phenoxy) is 1. The smallest absolute Gasteiger partial charge is 0.337 e. The van der Waals surface area contributed by atoms with Crippen molar-refractivity contribution < 1.29 is 17.9 Å². The molecule has 0 unspecified atom stereocenters. The first kappa shape index (κ1) is 15.5. The van der Waals surface area contributed by atoms with Gasteiger partial charge in [0.15, 0.2) is 9.84 Å². The summed E-state index contributed by atoms with van der Waals surface area (Å²) >= 11 is 5.89. The van der Waals surface area contributed by atoms with Gasteiger partial charge in [-0.2, -0.15) is 5.10 Å². The van der Waals surface area contributed by atoms with Gasteiger partial charge in [-0.1, -0.05) is 11.6 Å². The number of methoxy groups -OCH3 is 1. The van der Waals surface area contributed by atoms with Crippen LogP contribution in [-0.4, -0.2) is 36.7 Å². The first-order valence-corrected chi connectivity index (χ1v) is 8.02. The van der Waals surface area contributed by atoms with Crippen LogP contribution in [0.25, 0.3) is 0 Å². The second-order valence-electron chi connectivity index (χ2n) is 4.30. The minimum atomic E-state index is -3.47. The average molecular weight is 330 g/mol. The fourth-order valence-electron chi connectivity index (χ4n) is 1.78. The molecule has 2 aromatic rings. The lowest BCUT2D eigenvalue weighted by Crippen LogP contribution is -2.10. The molecule has 1 aromatic carbocycles. The summed E-state index contributed by atoms with van der Waals surface area (Å²) in [5.41, 5.74) is 0.609. The normalized spacial score (nSPS) is 11.3. The zero-order valence-corrected chi connectivity index (χ0v) is 12.6. The quantitative estimate of drug-likeness (QED) is 0.831. The molecule has 7 nitrogen and oxygen atoms in total. The molecule has 1 heterocycles. The highest BCUT2D eigenvalue weighted by Crippen LogP contribution is 2.19. The highest BCUT2D eigenvalue weighted by Gasteiger charge is 2.17. The fourth-order valence-corrected chi connectivity index (χ4v) is 3.37. The van der Waals surface area contributed by atoms with Crippen LogP contribution < -0.4 is 0 Å². The van der Waals surface area contributed by atoms with Gasteiger partial charge in [0.1, 0.15) is 17.9 Å². The largest absolute Gasteiger partial charge is 0.465 e. The molecule has 0 saturated heterocycles. The second kappa shape index (κ2) is 6.23. The van der Waals surface area contributed by atoms with Crippen LogP contribution in [0.5, 0.6) is 0 Å². The Morgan fingerprint density at radius 1 is 1.33 bits per heavy atom. The highest BCUT2D eigenvalue weighted by molar-refractivity contribution is 7.89. The van der Waals surface area contributed by atoms with E-state index in [0.717, 1.165) is 0 Å². The Balaban J connectivity index is 2.22. The van der Waals surface area contributed by atoms with E-state index in [0.29, 0.717) is 5.56 Å². The number of rotatable bonds is 5. The summed E-state index contributed by atoms with van der Waals surface area (Å²) in [6.07, 6.45) is 1.24. The van der Waals surface area contributed by atoms with Crippen LogP contribution >= 0.6 is 11.6 Å². The van der Waals surface area contributed by atoms with Crippen LogP contribution in [0.15, 0.2) is 24.5 Å². The molecule has 0 amide bonds. The summed E-state index contributed by atoms with van der Waals surface area (Å²) in [6.45, 7) is 0. The Morgan fingerprint density at radius 3 is 2.71 bits per heavy atom. The van der Waals surface area contributed by atoms with Crippen molar-refractivity contribution in [2.45, 2.75) is 11.5 Å². The van der Waals surface area contributed by atoms with E-state index in [9.17, 15) is 13.2 Å². The molecule has 0 radical (unpaired) electrons. The van der Waals surface area contributed by atoms with Crippen molar-refractivity contribution in [3.05, 3.63) is 46.5 Å². The molecule has 1 N–H and O–H groups in total. The number of benzene rings is 1. The summed E-state index contributed by atoms with van der Waals surface area (Å²) < 4.78 is 28.8. The Morgan fingerprint density at radius 2 is 2.10 bits per heavy atom. The predicted molar refractivity (Wildman–Crippen MR) is 75.5 cm³/mol. The van der Waals surface area contributed by atoms with E-state index >= 15 is 0 Å². The number of nitrogens with zero attached hydrogens (tertiary/aromatic N) is 2. The van der Waals surface area contributed by atoms with Crippen molar-refractivity contribution >= 4 is 27.4 Å². The van der Waals surface area contributed by atoms with Crippen LogP contribution in [0.1, 0.15) is 21.7 Å². The average Bonchev–Trinajstić information content (AvgIpc) is 2.88. The minimum absolute atomic E-state index is 0.204. The highest BCUT2D eigenvalue weighted by atomic mass is 35.5. The first-order valence-electron chi connectivity index (χ1n) is 5.82. The molecular weight excluding hydrogens is 318 g/mol. The number of hydrogen-bond acceptors (Lipinski definition) is 6. The van der Waals surface area contributed by atoms with Gasteiger partial charge in [0.05, 0.1) is 18.4 Å². The van der Waals surface area contributed by atoms with Gasteiger partial charge < -0.3 is 4.74 Å². The maximum atomic E-state index is 12.1. The van der Waals surface area contributed by atoms with E-state index in [1.807, 2.05) is 0 Å². The standard InChI is InChI=1S/C12H12ClN3O4S/c1-20-12(17)9-2-8(3-10(13)4-9)5-21(18,19)6-11-14-7-15-16-11/h2-4,7H,5-6H2,1H3,(H,14,15,16). The molecule has 0 atom stereocenters. The lowest BCUT2D eigenvalue weighted by Gasteiger charge is -2.06. The number of carbonyl (C=O) groups excluding carboxylic acids is 1. The molecular formula is C12H12ClN3O4S. The second-order valence-corrected chi connectivity index (χ2v) is 6.81. The van der Waals surface area contributed by atoms with E-state index in [-0.39, 0.29) is 27.9 Å². The number of H-pyrrole nitrogens is 1. The van der Waals surface area contributed by atoms with Crippen LogP contribution in [-0.2, 0) is 26.1 Å². The summed E-state index contributed by atoms with van der Waals surface area (Å²) in [7, 11) is -2.23. The number of aromatic amines is 1. The summed E-state index contributed by atoms with van der Waals surface area (Å²) in [6, 6.07) is 4.35. The van der Waals surface area contributed by atoms with Crippen molar-refractivity contribution in [1.82, 2.24) is 15.2 Å². The van der Waals surface area contributed by atoms with Gasteiger partial charge in [0, 0.05) is 5.02 Å². The van der Waals surface area contributed by atoms with Crippen LogP contribution in [0.4, 0.5) is 0 Å². The number of nitrogens with one attached hydrogen (secondary N) is 1. The molecule has 21 heavy (non-hydrogen) atoms. The molecule has 0 aliphatic rings. The lowest BCUT2D eigenvalue weighted by molar-refractivity contribution is 0.0600. The molecule has 0 aliphatic heterocycles.